The molecule has 0 aliphatic carbocycles. The third kappa shape index (κ3) is 4.89. The Labute approximate surface area is 99.6 Å². The zero-order chi connectivity index (χ0) is 11.8. The van der Waals surface area contributed by atoms with Crippen LogP contribution in [0.3, 0.4) is 0 Å². The van der Waals surface area contributed by atoms with E-state index in [0.717, 1.165) is 17.5 Å². The number of benzene rings is 1. The lowest BCUT2D eigenvalue weighted by atomic mass is 10.3. The summed E-state index contributed by atoms with van der Waals surface area (Å²) in [7, 11) is 0. The molecule has 0 radical (unpaired) electrons. The largest absolute Gasteiger partial charge is 0.478 e. The van der Waals surface area contributed by atoms with Crippen LogP contribution in [0.4, 0.5) is 5.69 Å². The summed E-state index contributed by atoms with van der Waals surface area (Å²) in [5.41, 5.74) is 0.996. The first kappa shape index (κ1) is 12.6. The second-order valence-electron chi connectivity index (χ2n) is 3.08. The van der Waals surface area contributed by atoms with E-state index >= 15 is 0 Å². The first-order valence-electron chi connectivity index (χ1n) is 5.08. The van der Waals surface area contributed by atoms with Crippen LogP contribution in [0.2, 0.25) is 0 Å². The molecular formula is C12H15NO2S. The molecule has 16 heavy (non-hydrogen) atoms. The van der Waals surface area contributed by atoms with E-state index in [1.165, 1.54) is 4.90 Å². The van der Waals surface area contributed by atoms with Crippen LogP contribution in [0.1, 0.15) is 6.92 Å². The van der Waals surface area contributed by atoms with Crippen molar-refractivity contribution < 1.29 is 9.90 Å². The maximum atomic E-state index is 10.2. The molecule has 0 fully saturated rings. The van der Waals surface area contributed by atoms with E-state index in [2.05, 4.69) is 24.4 Å². The summed E-state index contributed by atoms with van der Waals surface area (Å²) >= 11 is 1.80. The fourth-order valence-corrected chi connectivity index (χ4v) is 1.83. The average Bonchev–Trinajstić information content (AvgIpc) is 2.27. The van der Waals surface area contributed by atoms with Gasteiger partial charge >= 0.3 is 5.97 Å². The lowest BCUT2D eigenvalue weighted by molar-refractivity contribution is -0.131. The van der Waals surface area contributed by atoms with E-state index < -0.39 is 5.97 Å². The van der Waals surface area contributed by atoms with Gasteiger partial charge in [-0.2, -0.15) is 0 Å². The smallest absolute Gasteiger partial charge is 0.328 e. The van der Waals surface area contributed by atoms with Crippen LogP contribution in [-0.4, -0.2) is 23.4 Å². The van der Waals surface area contributed by atoms with Crippen molar-refractivity contribution in [3.63, 3.8) is 0 Å². The summed E-state index contributed by atoms with van der Waals surface area (Å²) in [6, 6.07) is 8.09. The van der Waals surface area contributed by atoms with Crippen LogP contribution in [0.15, 0.2) is 41.3 Å². The normalized spacial score (nSPS) is 10.6. The number of anilines is 1. The van der Waals surface area contributed by atoms with Crippen LogP contribution in [0.25, 0.3) is 0 Å². The zero-order valence-corrected chi connectivity index (χ0v) is 9.96. The van der Waals surface area contributed by atoms with Crippen molar-refractivity contribution in [2.45, 2.75) is 11.8 Å². The van der Waals surface area contributed by atoms with Gasteiger partial charge < -0.3 is 10.4 Å². The Hall–Kier alpha value is -1.42. The van der Waals surface area contributed by atoms with Gasteiger partial charge in [0, 0.05) is 23.2 Å². The molecule has 0 aliphatic heterocycles. The van der Waals surface area contributed by atoms with Gasteiger partial charge in [0.25, 0.3) is 0 Å². The van der Waals surface area contributed by atoms with E-state index in [4.69, 9.17) is 5.11 Å². The minimum atomic E-state index is -0.920. The summed E-state index contributed by atoms with van der Waals surface area (Å²) in [5, 5.41) is 11.5. The van der Waals surface area contributed by atoms with E-state index in [1.807, 2.05) is 12.1 Å². The van der Waals surface area contributed by atoms with Crippen molar-refractivity contribution in [1.29, 1.82) is 0 Å². The molecule has 0 spiro atoms. The molecule has 0 heterocycles. The molecule has 86 valence electrons. The third-order valence-electron chi connectivity index (χ3n) is 1.85. The summed E-state index contributed by atoms with van der Waals surface area (Å²) < 4.78 is 0. The molecule has 0 aromatic heterocycles. The van der Waals surface area contributed by atoms with Gasteiger partial charge in [-0.05, 0) is 30.0 Å². The number of carboxylic acid groups (broad SMARTS) is 1. The third-order valence-corrected chi connectivity index (χ3v) is 2.74. The average molecular weight is 237 g/mol. The number of hydrogen-bond donors (Lipinski definition) is 2. The summed E-state index contributed by atoms with van der Waals surface area (Å²) in [4.78, 5) is 11.5. The van der Waals surface area contributed by atoms with Gasteiger partial charge in [-0.1, -0.05) is 13.0 Å². The van der Waals surface area contributed by atoms with Gasteiger partial charge in [0.2, 0.25) is 0 Å². The molecule has 0 unspecified atom stereocenters. The van der Waals surface area contributed by atoms with Crippen LogP contribution in [0.5, 0.6) is 0 Å². The molecule has 4 heteroatoms. The maximum absolute atomic E-state index is 10.2. The number of aliphatic carboxylic acids is 1. The highest BCUT2D eigenvalue weighted by Crippen LogP contribution is 2.19. The molecule has 1 aromatic carbocycles. The molecule has 0 amide bonds. The Kier molecular flexibility index (Phi) is 5.50. The maximum Gasteiger partial charge on any atom is 0.328 e. The Morgan fingerprint density at radius 1 is 1.44 bits per heavy atom. The summed E-state index contributed by atoms with van der Waals surface area (Å²) in [6.45, 7) is 2.64. The molecule has 2 N–H and O–H groups in total. The number of nitrogens with one attached hydrogen (secondary N) is 1. The first-order valence-corrected chi connectivity index (χ1v) is 6.07. The van der Waals surface area contributed by atoms with Crippen LogP contribution >= 0.6 is 11.8 Å². The van der Waals surface area contributed by atoms with Crippen LogP contribution in [-0.2, 0) is 4.79 Å². The number of hydrogen-bond acceptors (Lipinski definition) is 3. The van der Waals surface area contributed by atoms with Gasteiger partial charge in [0.1, 0.15) is 0 Å². The van der Waals surface area contributed by atoms with Crippen molar-refractivity contribution in [2.75, 3.05) is 17.6 Å². The minimum Gasteiger partial charge on any atom is -0.478 e. The van der Waals surface area contributed by atoms with Gasteiger partial charge in [-0.3, -0.25) is 0 Å². The van der Waals surface area contributed by atoms with E-state index in [1.54, 1.807) is 17.8 Å². The second-order valence-corrected chi connectivity index (χ2v) is 4.42. The molecular weight excluding hydrogens is 222 g/mol. The van der Waals surface area contributed by atoms with Crippen molar-refractivity contribution >= 4 is 23.4 Å². The highest BCUT2D eigenvalue weighted by atomic mass is 32.2. The van der Waals surface area contributed by atoms with Crippen LogP contribution in [0, 0.1) is 0 Å². The molecule has 0 aliphatic rings. The van der Waals surface area contributed by atoms with Gasteiger partial charge in [0.05, 0.1) is 0 Å². The molecule has 1 aromatic rings. The number of carboxylic acids is 1. The minimum absolute atomic E-state index is 0.520. The van der Waals surface area contributed by atoms with Crippen molar-refractivity contribution in [3.05, 3.63) is 36.4 Å². The molecule has 0 saturated heterocycles. The Bertz CT molecular complexity index is 360. The topological polar surface area (TPSA) is 49.3 Å². The second kappa shape index (κ2) is 6.95. The number of carbonyl (C=O) groups is 1. The highest BCUT2D eigenvalue weighted by molar-refractivity contribution is 7.99. The number of rotatable bonds is 6. The van der Waals surface area contributed by atoms with Crippen molar-refractivity contribution in [1.82, 2.24) is 0 Å². The predicted molar refractivity (Wildman–Crippen MR) is 68.1 cm³/mol. The van der Waals surface area contributed by atoms with E-state index in [0.29, 0.717) is 6.54 Å². The van der Waals surface area contributed by atoms with E-state index in [-0.39, 0.29) is 0 Å². The Morgan fingerprint density at radius 2 is 2.12 bits per heavy atom. The van der Waals surface area contributed by atoms with Gasteiger partial charge in [-0.15, -0.1) is 11.8 Å². The SMILES string of the molecule is CCSc1ccc(NC/C=C/C(=O)O)cc1. The molecule has 0 saturated carbocycles. The van der Waals surface area contributed by atoms with Crippen molar-refractivity contribution in [3.8, 4) is 0 Å². The van der Waals surface area contributed by atoms with Crippen molar-refractivity contribution in [2.24, 2.45) is 0 Å². The molecule has 0 atom stereocenters. The molecule has 0 bridgehead atoms. The van der Waals surface area contributed by atoms with Crippen LogP contribution < -0.4 is 5.32 Å². The van der Waals surface area contributed by atoms with Gasteiger partial charge in [-0.25, -0.2) is 4.79 Å². The van der Waals surface area contributed by atoms with Gasteiger partial charge in [0.15, 0.2) is 0 Å². The highest BCUT2D eigenvalue weighted by Gasteiger charge is 1.93. The fourth-order valence-electron chi connectivity index (χ4n) is 1.17. The lowest BCUT2D eigenvalue weighted by Crippen LogP contribution is -1.99. The lowest BCUT2D eigenvalue weighted by Gasteiger charge is -2.04. The fraction of sp³-hybridized carbons (Fsp3) is 0.250. The summed E-state index contributed by atoms with van der Waals surface area (Å²) in [6.07, 6.45) is 2.71. The van der Waals surface area contributed by atoms with E-state index in [9.17, 15) is 4.79 Å². The standard InChI is InChI=1S/C12H15NO2S/c1-2-16-11-7-5-10(6-8-11)13-9-3-4-12(14)15/h3-8,13H,2,9H2,1H3,(H,14,15)/b4-3+. The monoisotopic (exact) mass is 237 g/mol. The Morgan fingerprint density at radius 3 is 2.69 bits per heavy atom. The zero-order valence-electron chi connectivity index (χ0n) is 9.14. The Balaban J connectivity index is 2.40. The number of thioether (sulfide) groups is 1. The quantitative estimate of drug-likeness (QED) is 0.590. The predicted octanol–water partition coefficient (Wildman–Crippen LogP) is 2.85. The first-order chi connectivity index (χ1) is 7.72. The molecule has 1 rings (SSSR count). The molecule has 3 nitrogen and oxygen atoms in total. The summed E-state index contributed by atoms with van der Waals surface area (Å²) in [5.74, 6) is 0.144.